The Hall–Kier alpha value is -0.860. The van der Waals surface area contributed by atoms with E-state index >= 15 is 0 Å². The molecule has 0 bridgehead atoms. The van der Waals surface area contributed by atoms with E-state index in [4.69, 9.17) is 0 Å². The first-order valence-corrected chi connectivity index (χ1v) is 8.33. The molecule has 0 spiro atoms. The van der Waals surface area contributed by atoms with Crippen LogP contribution in [0.25, 0.3) is 0 Å². The number of likely N-dealkylation sites (tertiary alicyclic amines) is 1. The molecule has 2 saturated heterocycles. The van der Waals surface area contributed by atoms with E-state index < -0.39 is 0 Å². The van der Waals surface area contributed by atoms with E-state index in [1.165, 1.54) is 44.5 Å². The zero-order valence-electron chi connectivity index (χ0n) is 12.9. The molecule has 4 atom stereocenters. The second-order valence-electron chi connectivity index (χ2n) is 6.51. The lowest BCUT2D eigenvalue weighted by molar-refractivity contribution is 0.149. The first kappa shape index (κ1) is 14.1. The van der Waals surface area contributed by atoms with Crippen LogP contribution in [0.5, 0.6) is 0 Å². The molecule has 2 nitrogen and oxygen atoms in total. The van der Waals surface area contributed by atoms with Gasteiger partial charge in [0.05, 0.1) is 0 Å². The van der Waals surface area contributed by atoms with Gasteiger partial charge >= 0.3 is 0 Å². The number of hydrogen-bond acceptors (Lipinski definition) is 2. The van der Waals surface area contributed by atoms with E-state index in [0.29, 0.717) is 6.04 Å². The minimum atomic E-state index is 0.716. The van der Waals surface area contributed by atoms with Crippen molar-refractivity contribution in [2.24, 2.45) is 11.8 Å². The number of fused-ring (bicyclic) bond motifs is 1. The van der Waals surface area contributed by atoms with Crippen LogP contribution in [-0.2, 0) is 6.42 Å². The lowest BCUT2D eigenvalue weighted by Gasteiger charge is -2.34. The van der Waals surface area contributed by atoms with Crippen molar-refractivity contribution in [3.8, 4) is 0 Å². The summed E-state index contributed by atoms with van der Waals surface area (Å²) in [6.07, 6.45) is 3.77. The number of benzene rings is 1. The lowest BCUT2D eigenvalue weighted by atomic mass is 9.92. The molecule has 0 saturated carbocycles. The quantitative estimate of drug-likeness (QED) is 0.886. The Bertz CT molecular complexity index is 417. The van der Waals surface area contributed by atoms with Gasteiger partial charge in [0.2, 0.25) is 0 Å². The largest absolute Gasteiger partial charge is 0.316 e. The van der Waals surface area contributed by atoms with Crippen LogP contribution >= 0.6 is 0 Å². The summed E-state index contributed by atoms with van der Waals surface area (Å²) in [5.41, 5.74) is 1.49. The Kier molecular flexibility index (Phi) is 4.42. The third-order valence-corrected chi connectivity index (χ3v) is 5.43. The van der Waals surface area contributed by atoms with Crippen LogP contribution in [0.3, 0.4) is 0 Å². The van der Waals surface area contributed by atoms with E-state index in [0.717, 1.165) is 17.9 Å². The summed E-state index contributed by atoms with van der Waals surface area (Å²) in [6.45, 7) is 8.50. The zero-order valence-corrected chi connectivity index (χ0v) is 12.9. The highest BCUT2D eigenvalue weighted by Crippen LogP contribution is 2.36. The van der Waals surface area contributed by atoms with Crippen LogP contribution in [0, 0.1) is 11.8 Å². The fourth-order valence-electron chi connectivity index (χ4n) is 4.40. The normalized spacial score (nSPS) is 31.4. The van der Waals surface area contributed by atoms with Gasteiger partial charge in [-0.3, -0.25) is 4.90 Å². The predicted molar refractivity (Wildman–Crippen MR) is 84.9 cm³/mol. The molecular formula is C18H28N2. The average molecular weight is 272 g/mol. The molecule has 2 aliphatic rings. The third-order valence-electron chi connectivity index (χ3n) is 5.43. The standard InChI is InChI=1S/C18H28N2/c1-3-16(10-14-8-6-5-7-9-14)20-13-15-11-19-12-17(15)18(20)4-2/h5-9,15-19H,3-4,10-13H2,1-2H3. The zero-order chi connectivity index (χ0) is 13.9. The molecule has 2 fully saturated rings. The van der Waals surface area contributed by atoms with Crippen LogP contribution in [0.4, 0.5) is 0 Å². The van der Waals surface area contributed by atoms with Gasteiger partial charge < -0.3 is 5.32 Å². The smallest absolute Gasteiger partial charge is 0.0140 e. The lowest BCUT2D eigenvalue weighted by Crippen LogP contribution is -2.43. The SMILES string of the molecule is CCC(Cc1ccccc1)N1CC2CNCC2C1CC. The maximum atomic E-state index is 3.59. The highest BCUT2D eigenvalue weighted by Gasteiger charge is 2.44. The van der Waals surface area contributed by atoms with E-state index in [9.17, 15) is 0 Å². The van der Waals surface area contributed by atoms with Crippen molar-refractivity contribution in [1.29, 1.82) is 0 Å². The van der Waals surface area contributed by atoms with Gasteiger partial charge in [0.25, 0.3) is 0 Å². The van der Waals surface area contributed by atoms with Crippen molar-refractivity contribution in [3.05, 3.63) is 35.9 Å². The molecule has 0 amide bonds. The molecule has 2 heterocycles. The average Bonchev–Trinajstić information content (AvgIpc) is 3.06. The Balaban J connectivity index is 1.72. The van der Waals surface area contributed by atoms with Crippen LogP contribution in [-0.4, -0.2) is 36.6 Å². The molecule has 110 valence electrons. The monoisotopic (exact) mass is 272 g/mol. The highest BCUT2D eigenvalue weighted by atomic mass is 15.2. The van der Waals surface area contributed by atoms with Gasteiger partial charge in [0.15, 0.2) is 0 Å². The number of nitrogens with zero attached hydrogens (tertiary/aromatic N) is 1. The molecule has 4 unspecified atom stereocenters. The first-order valence-electron chi connectivity index (χ1n) is 8.33. The van der Waals surface area contributed by atoms with Gasteiger partial charge in [0.1, 0.15) is 0 Å². The molecule has 1 aromatic rings. The fourth-order valence-corrected chi connectivity index (χ4v) is 4.40. The van der Waals surface area contributed by atoms with Gasteiger partial charge in [-0.1, -0.05) is 44.2 Å². The molecule has 3 rings (SSSR count). The summed E-state index contributed by atoms with van der Waals surface area (Å²) in [5.74, 6) is 1.79. The maximum Gasteiger partial charge on any atom is 0.0140 e. The second kappa shape index (κ2) is 6.28. The minimum absolute atomic E-state index is 0.716. The molecule has 20 heavy (non-hydrogen) atoms. The summed E-state index contributed by atoms with van der Waals surface area (Å²) >= 11 is 0. The predicted octanol–water partition coefficient (Wildman–Crippen LogP) is 2.94. The number of nitrogens with one attached hydrogen (secondary N) is 1. The molecule has 1 aromatic carbocycles. The first-order chi connectivity index (χ1) is 9.83. The number of rotatable bonds is 5. The van der Waals surface area contributed by atoms with E-state index in [1.54, 1.807) is 0 Å². The van der Waals surface area contributed by atoms with Gasteiger partial charge in [-0.25, -0.2) is 0 Å². The molecule has 0 aliphatic carbocycles. The summed E-state index contributed by atoms with van der Waals surface area (Å²) in [6, 6.07) is 12.5. The van der Waals surface area contributed by atoms with E-state index in [1.807, 2.05) is 0 Å². The van der Waals surface area contributed by atoms with Crippen LogP contribution in [0.1, 0.15) is 32.3 Å². The number of hydrogen-bond donors (Lipinski definition) is 1. The Morgan fingerprint density at radius 1 is 1.20 bits per heavy atom. The van der Waals surface area contributed by atoms with Gasteiger partial charge in [-0.15, -0.1) is 0 Å². The fraction of sp³-hybridized carbons (Fsp3) is 0.667. The Labute approximate surface area is 123 Å². The van der Waals surface area contributed by atoms with Gasteiger partial charge in [0, 0.05) is 18.6 Å². The van der Waals surface area contributed by atoms with Crippen molar-refractivity contribution in [1.82, 2.24) is 10.2 Å². The summed E-state index contributed by atoms with van der Waals surface area (Å²) in [7, 11) is 0. The maximum absolute atomic E-state index is 3.59. The van der Waals surface area contributed by atoms with Gasteiger partial charge in [-0.05, 0) is 49.8 Å². The van der Waals surface area contributed by atoms with Crippen LogP contribution in [0.2, 0.25) is 0 Å². The van der Waals surface area contributed by atoms with Crippen molar-refractivity contribution >= 4 is 0 Å². The van der Waals surface area contributed by atoms with Crippen molar-refractivity contribution in [2.75, 3.05) is 19.6 Å². The topological polar surface area (TPSA) is 15.3 Å². The molecule has 0 radical (unpaired) electrons. The third kappa shape index (κ3) is 2.64. The second-order valence-corrected chi connectivity index (χ2v) is 6.51. The van der Waals surface area contributed by atoms with Gasteiger partial charge in [-0.2, -0.15) is 0 Å². The Morgan fingerprint density at radius 2 is 2.00 bits per heavy atom. The van der Waals surface area contributed by atoms with Crippen molar-refractivity contribution in [3.63, 3.8) is 0 Å². The van der Waals surface area contributed by atoms with Crippen molar-refractivity contribution in [2.45, 2.75) is 45.2 Å². The van der Waals surface area contributed by atoms with E-state index in [-0.39, 0.29) is 0 Å². The molecule has 0 aromatic heterocycles. The molecule has 2 heteroatoms. The van der Waals surface area contributed by atoms with E-state index in [2.05, 4.69) is 54.4 Å². The summed E-state index contributed by atoms with van der Waals surface area (Å²) in [4.78, 5) is 2.84. The molecular weight excluding hydrogens is 244 g/mol. The molecule has 1 N–H and O–H groups in total. The van der Waals surface area contributed by atoms with Crippen LogP contribution < -0.4 is 5.32 Å². The molecule has 2 aliphatic heterocycles. The van der Waals surface area contributed by atoms with Crippen molar-refractivity contribution < 1.29 is 0 Å². The van der Waals surface area contributed by atoms with Crippen LogP contribution in [0.15, 0.2) is 30.3 Å². The summed E-state index contributed by atoms with van der Waals surface area (Å²) in [5, 5.41) is 3.59. The highest BCUT2D eigenvalue weighted by molar-refractivity contribution is 5.16. The summed E-state index contributed by atoms with van der Waals surface area (Å²) < 4.78 is 0. The Morgan fingerprint density at radius 3 is 2.70 bits per heavy atom. The minimum Gasteiger partial charge on any atom is -0.316 e.